The maximum atomic E-state index is 12.7. The highest BCUT2D eigenvalue weighted by atomic mass is 35.5. The van der Waals surface area contributed by atoms with Gasteiger partial charge in [0.2, 0.25) is 0 Å². The van der Waals surface area contributed by atoms with E-state index in [2.05, 4.69) is 9.97 Å². The predicted octanol–water partition coefficient (Wildman–Crippen LogP) is 4.82. The first kappa shape index (κ1) is 20.8. The van der Waals surface area contributed by atoms with E-state index in [9.17, 15) is 9.90 Å². The highest BCUT2D eigenvalue weighted by molar-refractivity contribution is 6.30. The molecule has 1 saturated carbocycles. The lowest BCUT2D eigenvalue weighted by molar-refractivity contribution is 0.0543. The maximum absolute atomic E-state index is 12.7. The van der Waals surface area contributed by atoms with Crippen LogP contribution < -0.4 is 10.3 Å². The van der Waals surface area contributed by atoms with E-state index in [1.807, 2.05) is 56.3 Å². The number of H-pyrrole nitrogens is 1. The molecular weight excluding hydrogens is 426 g/mol. The summed E-state index contributed by atoms with van der Waals surface area (Å²) in [5.41, 5.74) is 2.55. The third kappa shape index (κ3) is 4.16. The fourth-order valence-electron chi connectivity index (χ4n) is 4.13. The molecule has 7 heteroatoms. The number of ether oxygens (including phenoxy) is 1. The molecule has 0 aliphatic heterocycles. The Labute approximate surface area is 190 Å². The van der Waals surface area contributed by atoms with Crippen molar-refractivity contribution < 1.29 is 9.84 Å². The molecule has 2 unspecified atom stereocenters. The number of fused-ring (bicyclic) bond motifs is 1. The monoisotopic (exact) mass is 449 g/mol. The summed E-state index contributed by atoms with van der Waals surface area (Å²) in [6.07, 6.45) is 2.64. The number of aromatic amines is 1. The Kier molecular flexibility index (Phi) is 5.07. The lowest BCUT2D eigenvalue weighted by Crippen LogP contribution is -2.22. The van der Waals surface area contributed by atoms with E-state index in [1.165, 1.54) is 6.07 Å². The molecule has 4 aromatic rings. The predicted molar refractivity (Wildman–Crippen MR) is 125 cm³/mol. The zero-order valence-electron chi connectivity index (χ0n) is 17.9. The van der Waals surface area contributed by atoms with Crippen LogP contribution in [0.1, 0.15) is 37.6 Å². The molecule has 0 spiro atoms. The molecule has 2 heterocycles. The van der Waals surface area contributed by atoms with Gasteiger partial charge in [-0.05, 0) is 68.1 Å². The van der Waals surface area contributed by atoms with Crippen LogP contribution in [0.15, 0.2) is 65.6 Å². The van der Waals surface area contributed by atoms with Crippen molar-refractivity contribution in [2.45, 2.75) is 38.4 Å². The number of nitrogens with one attached hydrogen (secondary N) is 1. The van der Waals surface area contributed by atoms with Gasteiger partial charge in [-0.15, -0.1) is 0 Å². The second-order valence-electron chi connectivity index (χ2n) is 8.91. The zero-order valence-corrected chi connectivity index (χ0v) is 18.6. The molecule has 1 aliphatic rings. The molecule has 6 nitrogen and oxygen atoms in total. The summed E-state index contributed by atoms with van der Waals surface area (Å²) >= 11 is 5.90. The van der Waals surface area contributed by atoms with E-state index < -0.39 is 5.60 Å². The van der Waals surface area contributed by atoms with Crippen LogP contribution >= 0.6 is 11.6 Å². The number of aromatic nitrogens is 3. The Balaban J connectivity index is 1.34. The lowest BCUT2D eigenvalue weighted by atomic mass is 10.0. The van der Waals surface area contributed by atoms with Gasteiger partial charge in [-0.1, -0.05) is 23.7 Å². The van der Waals surface area contributed by atoms with E-state index in [0.29, 0.717) is 17.4 Å². The van der Waals surface area contributed by atoms with Gasteiger partial charge in [-0.25, -0.2) is 4.98 Å². The van der Waals surface area contributed by atoms with Crippen molar-refractivity contribution in [2.75, 3.05) is 0 Å². The van der Waals surface area contributed by atoms with E-state index in [1.54, 1.807) is 16.8 Å². The van der Waals surface area contributed by atoms with Gasteiger partial charge in [0.15, 0.2) is 0 Å². The molecule has 5 rings (SSSR count). The highest BCUT2D eigenvalue weighted by Crippen LogP contribution is 2.52. The summed E-state index contributed by atoms with van der Waals surface area (Å²) in [5.74, 6) is 1.86. The molecular formula is C25H24ClN3O3. The van der Waals surface area contributed by atoms with Crippen molar-refractivity contribution in [3.8, 4) is 11.4 Å². The van der Waals surface area contributed by atoms with Gasteiger partial charge in [-0.2, -0.15) is 0 Å². The van der Waals surface area contributed by atoms with Crippen molar-refractivity contribution >= 4 is 22.6 Å². The molecule has 0 bridgehead atoms. The Morgan fingerprint density at radius 3 is 2.66 bits per heavy atom. The first-order valence-electron chi connectivity index (χ1n) is 10.6. The van der Waals surface area contributed by atoms with Crippen LogP contribution in [0.4, 0.5) is 0 Å². The van der Waals surface area contributed by atoms with Crippen molar-refractivity contribution in [2.24, 2.45) is 5.92 Å². The van der Waals surface area contributed by atoms with E-state index in [-0.39, 0.29) is 17.4 Å². The number of aliphatic hydroxyl groups is 1. The summed E-state index contributed by atoms with van der Waals surface area (Å²) in [4.78, 5) is 20.8. The molecule has 1 aliphatic carbocycles. The molecule has 32 heavy (non-hydrogen) atoms. The first-order chi connectivity index (χ1) is 15.3. The molecule has 2 N–H and O–H groups in total. The summed E-state index contributed by atoms with van der Waals surface area (Å²) in [6.45, 7) is 4.04. The molecule has 2 aromatic carbocycles. The Hall–Kier alpha value is -3.09. The number of pyridine rings is 1. The van der Waals surface area contributed by atoms with Crippen molar-refractivity contribution in [1.82, 2.24) is 14.5 Å². The van der Waals surface area contributed by atoms with Gasteiger partial charge in [0.05, 0.1) is 22.3 Å². The van der Waals surface area contributed by atoms with Crippen LogP contribution in [-0.4, -0.2) is 25.2 Å². The largest absolute Gasteiger partial charge is 0.489 e. The Bertz CT molecular complexity index is 1340. The molecule has 1 fully saturated rings. The van der Waals surface area contributed by atoms with Gasteiger partial charge >= 0.3 is 0 Å². The fraction of sp³-hybridized carbons (Fsp3) is 0.280. The third-order valence-electron chi connectivity index (χ3n) is 6.02. The normalized spacial score (nSPS) is 18.1. The quantitative estimate of drug-likeness (QED) is 0.442. The first-order valence-corrected chi connectivity index (χ1v) is 11.0. The van der Waals surface area contributed by atoms with Crippen LogP contribution in [0.2, 0.25) is 5.02 Å². The number of halogens is 1. The van der Waals surface area contributed by atoms with Gasteiger partial charge in [0, 0.05) is 23.2 Å². The minimum atomic E-state index is -0.709. The number of hydrogen-bond acceptors (Lipinski definition) is 4. The van der Waals surface area contributed by atoms with Crippen LogP contribution in [0.25, 0.3) is 16.7 Å². The number of benzene rings is 2. The second kappa shape index (κ2) is 7.80. The van der Waals surface area contributed by atoms with Crippen molar-refractivity contribution in [1.29, 1.82) is 0 Å². The summed E-state index contributed by atoms with van der Waals surface area (Å²) in [5, 5.41) is 10.9. The van der Waals surface area contributed by atoms with E-state index >= 15 is 0 Å². The SMILES string of the molecule is CC(C)(O)C1CC1c1nc2ccc(-n3ccc(OCc4ccc(Cl)cc4)cc3=O)cc2[nH]1. The fourth-order valence-corrected chi connectivity index (χ4v) is 4.26. The van der Waals surface area contributed by atoms with Gasteiger partial charge in [-0.3, -0.25) is 9.36 Å². The van der Waals surface area contributed by atoms with E-state index in [4.69, 9.17) is 16.3 Å². The summed E-state index contributed by atoms with van der Waals surface area (Å²) < 4.78 is 7.33. The third-order valence-corrected chi connectivity index (χ3v) is 6.27. The highest BCUT2D eigenvalue weighted by Gasteiger charge is 2.49. The molecule has 0 radical (unpaired) electrons. The number of nitrogens with zero attached hydrogens (tertiary/aromatic N) is 2. The lowest BCUT2D eigenvalue weighted by Gasteiger charge is -2.16. The number of rotatable bonds is 6. The standard InChI is InChI=1S/C25H24ClN3O3/c1-25(2,31)20-13-19(20)24-27-21-8-7-17(11-22(21)28-24)29-10-9-18(12-23(29)30)32-14-15-3-5-16(26)6-4-15/h3-12,19-20,31H,13-14H2,1-2H3,(H,27,28). The van der Waals surface area contributed by atoms with Crippen LogP contribution in [0, 0.1) is 5.92 Å². The second-order valence-corrected chi connectivity index (χ2v) is 9.35. The number of hydrogen-bond donors (Lipinski definition) is 2. The van der Waals surface area contributed by atoms with E-state index in [0.717, 1.165) is 34.5 Å². The van der Waals surface area contributed by atoms with Crippen LogP contribution in [0.3, 0.4) is 0 Å². The summed E-state index contributed by atoms with van der Waals surface area (Å²) in [7, 11) is 0. The Morgan fingerprint density at radius 2 is 1.97 bits per heavy atom. The summed E-state index contributed by atoms with van der Waals surface area (Å²) in [6, 6.07) is 16.4. The average Bonchev–Trinajstić information content (AvgIpc) is 3.47. The molecule has 0 amide bonds. The molecule has 2 aromatic heterocycles. The Morgan fingerprint density at radius 1 is 1.19 bits per heavy atom. The molecule has 164 valence electrons. The van der Waals surface area contributed by atoms with Crippen molar-refractivity contribution in [3.63, 3.8) is 0 Å². The minimum Gasteiger partial charge on any atom is -0.489 e. The smallest absolute Gasteiger partial charge is 0.258 e. The maximum Gasteiger partial charge on any atom is 0.258 e. The number of imidazole rings is 1. The van der Waals surface area contributed by atoms with Crippen LogP contribution in [-0.2, 0) is 6.61 Å². The van der Waals surface area contributed by atoms with Crippen LogP contribution in [0.5, 0.6) is 5.75 Å². The van der Waals surface area contributed by atoms with Gasteiger partial charge in [0.25, 0.3) is 5.56 Å². The zero-order chi connectivity index (χ0) is 22.5. The molecule has 2 atom stereocenters. The molecule has 0 saturated heterocycles. The average molecular weight is 450 g/mol. The topological polar surface area (TPSA) is 80.1 Å². The minimum absolute atomic E-state index is 0.179. The van der Waals surface area contributed by atoms with Gasteiger partial charge in [0.1, 0.15) is 18.2 Å². The van der Waals surface area contributed by atoms with Gasteiger partial charge < -0.3 is 14.8 Å². The van der Waals surface area contributed by atoms with Crippen molar-refractivity contribution in [3.05, 3.63) is 87.6 Å².